The quantitative estimate of drug-likeness (QED) is 0.401. The van der Waals surface area contributed by atoms with Crippen LogP contribution in [0.25, 0.3) is 21.8 Å². The van der Waals surface area contributed by atoms with Crippen LogP contribution in [0.4, 0.5) is 5.69 Å². The van der Waals surface area contributed by atoms with Crippen molar-refractivity contribution in [1.82, 2.24) is 4.98 Å². The Morgan fingerprint density at radius 1 is 0.857 bits per heavy atom. The molecule has 0 fully saturated rings. The van der Waals surface area contributed by atoms with E-state index in [1.807, 2.05) is 18.2 Å². The van der Waals surface area contributed by atoms with Gasteiger partial charge in [0.15, 0.2) is 0 Å². The lowest BCUT2D eigenvalue weighted by Gasteiger charge is -2.06. The van der Waals surface area contributed by atoms with Gasteiger partial charge in [-0.2, -0.15) is 0 Å². The monoisotopic (exact) mass is 278 g/mol. The summed E-state index contributed by atoms with van der Waals surface area (Å²) in [7, 11) is 0. The third-order valence-electron chi connectivity index (χ3n) is 4.01. The van der Waals surface area contributed by atoms with Gasteiger partial charge in [-0.05, 0) is 54.8 Å². The molecule has 21 heavy (non-hydrogen) atoms. The molecule has 0 unspecified atom stereocenters. The number of nitrogens with two attached hydrogens (primary N) is 1. The maximum atomic E-state index is 5.86. The summed E-state index contributed by atoms with van der Waals surface area (Å²) in [6.45, 7) is 2.25. The average molecular weight is 278 g/mol. The average Bonchev–Trinajstić information content (AvgIpc) is 2.49. The van der Waals surface area contributed by atoms with Gasteiger partial charge in [-0.15, -0.1) is 0 Å². The molecule has 3 aromatic rings. The second kappa shape index (κ2) is 6.13. The van der Waals surface area contributed by atoms with Crippen LogP contribution >= 0.6 is 0 Å². The summed E-state index contributed by atoms with van der Waals surface area (Å²) in [6.07, 6.45) is 6.37. The zero-order chi connectivity index (χ0) is 14.7. The van der Waals surface area contributed by atoms with Crippen LogP contribution in [0, 0.1) is 0 Å². The second-order valence-electron chi connectivity index (χ2n) is 5.78. The highest BCUT2D eigenvalue weighted by molar-refractivity contribution is 5.94. The summed E-state index contributed by atoms with van der Waals surface area (Å²) in [4.78, 5) is 4.71. The van der Waals surface area contributed by atoms with Crippen LogP contribution in [0.15, 0.2) is 42.5 Å². The van der Waals surface area contributed by atoms with Crippen LogP contribution < -0.4 is 5.73 Å². The van der Waals surface area contributed by atoms with Crippen LogP contribution in [0.3, 0.4) is 0 Å². The number of aromatic nitrogens is 1. The predicted octanol–water partition coefficient (Wildman–Crippen LogP) is 5.09. The van der Waals surface area contributed by atoms with Gasteiger partial charge in [0, 0.05) is 16.5 Å². The molecule has 108 valence electrons. The SMILES string of the molecule is CCCCCCc1ccc2nc3ccc(N)cc3cc2c1. The first-order valence-corrected chi connectivity index (χ1v) is 7.85. The summed E-state index contributed by atoms with van der Waals surface area (Å²) in [5.74, 6) is 0. The summed E-state index contributed by atoms with van der Waals surface area (Å²) in [5.41, 5.74) is 10.1. The van der Waals surface area contributed by atoms with Gasteiger partial charge < -0.3 is 5.73 Å². The first-order chi connectivity index (χ1) is 10.3. The number of pyridine rings is 1. The van der Waals surface area contributed by atoms with Crippen LogP contribution in [-0.4, -0.2) is 4.98 Å². The number of fused-ring (bicyclic) bond motifs is 2. The van der Waals surface area contributed by atoms with E-state index in [4.69, 9.17) is 10.7 Å². The standard InChI is InChI=1S/C19H22N2/c1-2-3-4-5-6-14-7-9-18-15(11-14)12-16-13-17(20)8-10-19(16)21-18/h7-13H,2-6,20H2,1H3. The molecule has 2 heteroatoms. The molecule has 1 aromatic heterocycles. The Bertz CT molecular complexity index is 762. The number of rotatable bonds is 5. The van der Waals surface area contributed by atoms with Crippen molar-refractivity contribution in [1.29, 1.82) is 0 Å². The molecule has 0 aliphatic carbocycles. The molecule has 0 spiro atoms. The van der Waals surface area contributed by atoms with Crippen molar-refractivity contribution < 1.29 is 0 Å². The molecule has 0 amide bonds. The normalized spacial score (nSPS) is 11.3. The van der Waals surface area contributed by atoms with E-state index in [2.05, 4.69) is 31.2 Å². The van der Waals surface area contributed by atoms with Crippen molar-refractivity contribution in [3.63, 3.8) is 0 Å². The predicted molar refractivity (Wildman–Crippen MR) is 91.5 cm³/mol. The van der Waals surface area contributed by atoms with E-state index < -0.39 is 0 Å². The van der Waals surface area contributed by atoms with Crippen LogP contribution in [0.2, 0.25) is 0 Å². The molecule has 0 bridgehead atoms. The Hall–Kier alpha value is -2.09. The smallest absolute Gasteiger partial charge is 0.0711 e. The van der Waals surface area contributed by atoms with Gasteiger partial charge in [0.25, 0.3) is 0 Å². The Labute approximate surface area is 126 Å². The largest absolute Gasteiger partial charge is 0.399 e. The second-order valence-corrected chi connectivity index (χ2v) is 5.78. The first kappa shape index (κ1) is 13.9. The van der Waals surface area contributed by atoms with Gasteiger partial charge in [-0.25, -0.2) is 4.98 Å². The Balaban J connectivity index is 1.90. The number of unbranched alkanes of at least 4 members (excludes halogenated alkanes) is 3. The van der Waals surface area contributed by atoms with Crippen molar-refractivity contribution >= 4 is 27.5 Å². The van der Waals surface area contributed by atoms with Gasteiger partial charge in [-0.1, -0.05) is 32.3 Å². The van der Waals surface area contributed by atoms with Crippen LogP contribution in [-0.2, 0) is 6.42 Å². The van der Waals surface area contributed by atoms with Crippen molar-refractivity contribution in [3.8, 4) is 0 Å². The third kappa shape index (κ3) is 3.15. The van der Waals surface area contributed by atoms with E-state index in [0.717, 1.165) is 28.5 Å². The fourth-order valence-corrected chi connectivity index (χ4v) is 2.82. The van der Waals surface area contributed by atoms with E-state index in [9.17, 15) is 0 Å². The molecule has 0 saturated carbocycles. The third-order valence-corrected chi connectivity index (χ3v) is 4.01. The van der Waals surface area contributed by atoms with Crippen molar-refractivity contribution in [3.05, 3.63) is 48.0 Å². The maximum absolute atomic E-state index is 5.86. The Kier molecular flexibility index (Phi) is 4.05. The summed E-state index contributed by atoms with van der Waals surface area (Å²) in [5, 5.41) is 2.33. The Morgan fingerprint density at radius 3 is 2.43 bits per heavy atom. The molecule has 0 radical (unpaired) electrons. The zero-order valence-corrected chi connectivity index (χ0v) is 12.6. The lowest BCUT2D eigenvalue weighted by Crippen LogP contribution is -1.89. The topological polar surface area (TPSA) is 38.9 Å². The summed E-state index contributed by atoms with van der Waals surface area (Å²) < 4.78 is 0. The van der Waals surface area contributed by atoms with Gasteiger partial charge in [0.05, 0.1) is 11.0 Å². The molecule has 0 aliphatic rings. The molecule has 0 aliphatic heterocycles. The van der Waals surface area contributed by atoms with Gasteiger partial charge in [0.2, 0.25) is 0 Å². The minimum atomic E-state index is 0.791. The minimum absolute atomic E-state index is 0.791. The van der Waals surface area contributed by atoms with E-state index in [1.165, 1.54) is 36.6 Å². The number of aryl methyl sites for hydroxylation is 1. The molecule has 0 atom stereocenters. The molecule has 2 N–H and O–H groups in total. The Morgan fingerprint density at radius 2 is 1.62 bits per heavy atom. The molecular weight excluding hydrogens is 256 g/mol. The molecule has 1 heterocycles. The van der Waals surface area contributed by atoms with E-state index in [-0.39, 0.29) is 0 Å². The van der Waals surface area contributed by atoms with Gasteiger partial charge in [0.1, 0.15) is 0 Å². The number of hydrogen-bond donors (Lipinski definition) is 1. The number of nitrogen functional groups attached to an aromatic ring is 1. The maximum Gasteiger partial charge on any atom is 0.0711 e. The highest BCUT2D eigenvalue weighted by Crippen LogP contribution is 2.23. The number of anilines is 1. The first-order valence-electron chi connectivity index (χ1n) is 7.85. The van der Waals surface area contributed by atoms with Gasteiger partial charge in [-0.3, -0.25) is 0 Å². The van der Waals surface area contributed by atoms with E-state index >= 15 is 0 Å². The molecule has 0 saturated heterocycles. The van der Waals surface area contributed by atoms with Crippen LogP contribution in [0.1, 0.15) is 38.2 Å². The van der Waals surface area contributed by atoms with Crippen molar-refractivity contribution in [2.75, 3.05) is 5.73 Å². The van der Waals surface area contributed by atoms with Crippen molar-refractivity contribution in [2.24, 2.45) is 0 Å². The van der Waals surface area contributed by atoms with Crippen LogP contribution in [0.5, 0.6) is 0 Å². The molecule has 3 rings (SSSR count). The number of nitrogens with zero attached hydrogens (tertiary/aromatic N) is 1. The fraction of sp³-hybridized carbons (Fsp3) is 0.316. The highest BCUT2D eigenvalue weighted by Gasteiger charge is 2.02. The lowest BCUT2D eigenvalue weighted by atomic mass is 10.0. The van der Waals surface area contributed by atoms with E-state index in [1.54, 1.807) is 0 Å². The molecule has 2 aromatic carbocycles. The highest BCUT2D eigenvalue weighted by atomic mass is 14.7. The van der Waals surface area contributed by atoms with Crippen molar-refractivity contribution in [2.45, 2.75) is 39.0 Å². The summed E-state index contributed by atoms with van der Waals surface area (Å²) in [6, 6.07) is 14.7. The summed E-state index contributed by atoms with van der Waals surface area (Å²) >= 11 is 0. The zero-order valence-electron chi connectivity index (χ0n) is 12.6. The molecule has 2 nitrogen and oxygen atoms in total. The van der Waals surface area contributed by atoms with E-state index in [0.29, 0.717) is 0 Å². The number of benzene rings is 2. The fourth-order valence-electron chi connectivity index (χ4n) is 2.82. The van der Waals surface area contributed by atoms with Gasteiger partial charge >= 0.3 is 0 Å². The lowest BCUT2D eigenvalue weighted by molar-refractivity contribution is 0.667. The minimum Gasteiger partial charge on any atom is -0.399 e. The molecular formula is C19H22N2. The number of hydrogen-bond acceptors (Lipinski definition) is 2.